The second kappa shape index (κ2) is 9.16. The lowest BCUT2D eigenvalue weighted by Gasteiger charge is -2.28. The summed E-state index contributed by atoms with van der Waals surface area (Å²) in [7, 11) is 1.64. The SMILES string of the molecule is COc1cc(C=C2CCCN(Cc3ccc(Cl)c(Cl)c3)C2=O)ccc1-n1cnc(C)c1. The summed E-state index contributed by atoms with van der Waals surface area (Å²) in [6.07, 6.45) is 7.33. The van der Waals surface area contributed by atoms with Crippen molar-refractivity contribution in [2.24, 2.45) is 0 Å². The number of rotatable bonds is 5. The van der Waals surface area contributed by atoms with Crippen molar-refractivity contribution in [1.82, 2.24) is 14.5 Å². The van der Waals surface area contributed by atoms with Crippen molar-refractivity contribution in [3.05, 3.63) is 81.4 Å². The third kappa shape index (κ3) is 4.78. The quantitative estimate of drug-likeness (QED) is 0.463. The van der Waals surface area contributed by atoms with Crippen LogP contribution in [0.2, 0.25) is 10.0 Å². The minimum absolute atomic E-state index is 0.0469. The summed E-state index contributed by atoms with van der Waals surface area (Å²) in [5, 5.41) is 1.01. The maximum absolute atomic E-state index is 13.1. The maximum Gasteiger partial charge on any atom is 0.250 e. The molecule has 7 heteroatoms. The monoisotopic (exact) mass is 455 g/mol. The normalized spacial score (nSPS) is 15.5. The molecule has 31 heavy (non-hydrogen) atoms. The van der Waals surface area contributed by atoms with Crippen molar-refractivity contribution in [2.45, 2.75) is 26.3 Å². The summed E-state index contributed by atoms with van der Waals surface area (Å²) in [5.41, 5.74) is 4.52. The van der Waals surface area contributed by atoms with E-state index in [0.717, 1.165) is 53.2 Å². The van der Waals surface area contributed by atoms with Crippen LogP contribution in [0.15, 0.2) is 54.5 Å². The summed E-state index contributed by atoms with van der Waals surface area (Å²) < 4.78 is 7.52. The molecule has 1 aliphatic heterocycles. The van der Waals surface area contributed by atoms with Crippen molar-refractivity contribution in [1.29, 1.82) is 0 Å². The molecular formula is C24H23Cl2N3O2. The Labute approximate surface area is 191 Å². The van der Waals surface area contributed by atoms with E-state index in [1.807, 2.05) is 59.0 Å². The molecule has 1 fully saturated rings. The van der Waals surface area contributed by atoms with Gasteiger partial charge in [0.2, 0.25) is 5.91 Å². The fourth-order valence-electron chi connectivity index (χ4n) is 3.77. The number of nitrogens with zero attached hydrogens (tertiary/aromatic N) is 3. The van der Waals surface area contributed by atoms with Crippen LogP contribution in [-0.4, -0.2) is 34.0 Å². The van der Waals surface area contributed by atoms with E-state index in [9.17, 15) is 4.79 Å². The number of methoxy groups -OCH3 is 1. The van der Waals surface area contributed by atoms with Gasteiger partial charge in [-0.3, -0.25) is 4.79 Å². The van der Waals surface area contributed by atoms with Gasteiger partial charge in [-0.15, -0.1) is 0 Å². The minimum Gasteiger partial charge on any atom is -0.495 e. The average Bonchev–Trinajstić information content (AvgIpc) is 3.19. The largest absolute Gasteiger partial charge is 0.495 e. The molecule has 1 saturated heterocycles. The molecule has 0 atom stereocenters. The first kappa shape index (κ1) is 21.5. The number of carbonyl (C=O) groups is 1. The predicted octanol–water partition coefficient (Wildman–Crippen LogP) is 5.70. The van der Waals surface area contributed by atoms with Crippen LogP contribution in [0.3, 0.4) is 0 Å². The predicted molar refractivity (Wildman–Crippen MR) is 124 cm³/mol. The second-order valence-corrected chi connectivity index (χ2v) is 8.42. The molecule has 4 rings (SSSR count). The van der Waals surface area contributed by atoms with Crippen LogP contribution in [0, 0.1) is 6.92 Å². The fraction of sp³-hybridized carbons (Fsp3) is 0.250. The highest BCUT2D eigenvalue weighted by molar-refractivity contribution is 6.42. The van der Waals surface area contributed by atoms with Gasteiger partial charge in [-0.2, -0.15) is 0 Å². The highest BCUT2D eigenvalue weighted by atomic mass is 35.5. The van der Waals surface area contributed by atoms with E-state index in [1.165, 1.54) is 0 Å². The van der Waals surface area contributed by atoms with Gasteiger partial charge in [0.15, 0.2) is 0 Å². The van der Waals surface area contributed by atoms with Crippen LogP contribution in [0.1, 0.15) is 29.7 Å². The first-order valence-electron chi connectivity index (χ1n) is 10.1. The number of carbonyl (C=O) groups excluding carboxylic acids is 1. The fourth-order valence-corrected chi connectivity index (χ4v) is 4.09. The Bertz CT molecular complexity index is 1150. The molecule has 1 amide bonds. The number of benzene rings is 2. The molecule has 1 aromatic heterocycles. The van der Waals surface area contributed by atoms with Gasteiger partial charge < -0.3 is 14.2 Å². The number of ether oxygens (including phenoxy) is 1. The summed E-state index contributed by atoms with van der Waals surface area (Å²) >= 11 is 12.1. The van der Waals surface area contributed by atoms with Crippen molar-refractivity contribution < 1.29 is 9.53 Å². The van der Waals surface area contributed by atoms with Gasteiger partial charge in [-0.1, -0.05) is 35.3 Å². The Balaban J connectivity index is 1.56. The summed E-state index contributed by atoms with van der Waals surface area (Å²) in [6, 6.07) is 11.4. The van der Waals surface area contributed by atoms with Crippen LogP contribution < -0.4 is 4.74 Å². The zero-order valence-corrected chi connectivity index (χ0v) is 19.0. The zero-order valence-electron chi connectivity index (χ0n) is 17.4. The molecule has 160 valence electrons. The molecule has 5 nitrogen and oxygen atoms in total. The maximum atomic E-state index is 13.1. The van der Waals surface area contributed by atoms with Crippen molar-refractivity contribution in [3.8, 4) is 11.4 Å². The zero-order chi connectivity index (χ0) is 22.0. The number of aryl methyl sites for hydroxylation is 1. The molecule has 0 saturated carbocycles. The van der Waals surface area contributed by atoms with Crippen LogP contribution in [0.25, 0.3) is 11.8 Å². The molecule has 2 heterocycles. The first-order chi connectivity index (χ1) is 14.9. The second-order valence-electron chi connectivity index (χ2n) is 7.60. The van der Waals surface area contributed by atoms with Crippen LogP contribution in [0.4, 0.5) is 0 Å². The summed E-state index contributed by atoms with van der Waals surface area (Å²) in [5.74, 6) is 0.772. The number of hydrogen-bond donors (Lipinski definition) is 0. The number of imidazole rings is 1. The van der Waals surface area contributed by atoms with Crippen LogP contribution >= 0.6 is 23.2 Å². The van der Waals surface area contributed by atoms with E-state index in [4.69, 9.17) is 27.9 Å². The van der Waals surface area contributed by atoms with Crippen LogP contribution in [-0.2, 0) is 11.3 Å². The third-order valence-electron chi connectivity index (χ3n) is 5.33. The Morgan fingerprint density at radius 3 is 2.71 bits per heavy atom. The van der Waals surface area contributed by atoms with E-state index in [2.05, 4.69) is 4.98 Å². The number of likely N-dealkylation sites (tertiary alicyclic amines) is 1. The molecule has 0 N–H and O–H groups in total. The van der Waals surface area contributed by atoms with E-state index >= 15 is 0 Å². The topological polar surface area (TPSA) is 47.4 Å². The Kier molecular flexibility index (Phi) is 6.35. The van der Waals surface area contributed by atoms with E-state index < -0.39 is 0 Å². The summed E-state index contributed by atoms with van der Waals surface area (Å²) in [6.45, 7) is 3.17. The third-order valence-corrected chi connectivity index (χ3v) is 6.07. The number of halogens is 2. The molecule has 3 aromatic rings. The van der Waals surface area contributed by atoms with E-state index in [0.29, 0.717) is 16.6 Å². The Morgan fingerprint density at radius 1 is 1.16 bits per heavy atom. The van der Waals surface area contributed by atoms with Gasteiger partial charge >= 0.3 is 0 Å². The number of hydrogen-bond acceptors (Lipinski definition) is 3. The van der Waals surface area contributed by atoms with Gasteiger partial charge in [0.25, 0.3) is 0 Å². The highest BCUT2D eigenvalue weighted by Gasteiger charge is 2.23. The standard InChI is InChI=1S/C24H23Cl2N3O2/c1-16-13-29(15-27-16)22-8-6-17(12-23(22)31-2)10-19-4-3-9-28(24(19)30)14-18-5-7-20(25)21(26)11-18/h5-8,10-13,15H,3-4,9,14H2,1-2H3. The van der Waals surface area contributed by atoms with Gasteiger partial charge in [-0.25, -0.2) is 4.98 Å². The lowest BCUT2D eigenvalue weighted by Crippen LogP contribution is -2.36. The smallest absolute Gasteiger partial charge is 0.250 e. The van der Waals surface area contributed by atoms with Gasteiger partial charge in [0.05, 0.1) is 34.9 Å². The van der Waals surface area contributed by atoms with Crippen molar-refractivity contribution >= 4 is 35.2 Å². The van der Waals surface area contributed by atoms with Crippen molar-refractivity contribution in [2.75, 3.05) is 13.7 Å². The Morgan fingerprint density at radius 2 is 2.00 bits per heavy atom. The molecular weight excluding hydrogens is 433 g/mol. The average molecular weight is 456 g/mol. The molecule has 0 radical (unpaired) electrons. The molecule has 2 aromatic carbocycles. The van der Waals surface area contributed by atoms with Crippen molar-refractivity contribution in [3.63, 3.8) is 0 Å². The molecule has 1 aliphatic rings. The first-order valence-corrected chi connectivity index (χ1v) is 10.8. The number of piperidine rings is 1. The van der Waals surface area contributed by atoms with E-state index in [1.54, 1.807) is 19.5 Å². The summed E-state index contributed by atoms with van der Waals surface area (Å²) in [4.78, 5) is 19.2. The lowest BCUT2D eigenvalue weighted by molar-refractivity contribution is -0.129. The molecule has 0 spiro atoms. The lowest BCUT2D eigenvalue weighted by atomic mass is 10.00. The Hall–Kier alpha value is -2.76. The number of aromatic nitrogens is 2. The van der Waals surface area contributed by atoms with Crippen LogP contribution in [0.5, 0.6) is 5.75 Å². The van der Waals surface area contributed by atoms with Gasteiger partial charge in [0, 0.05) is 24.9 Å². The molecule has 0 aliphatic carbocycles. The highest BCUT2D eigenvalue weighted by Crippen LogP contribution is 2.28. The molecule has 0 unspecified atom stereocenters. The molecule has 0 bridgehead atoms. The number of amides is 1. The minimum atomic E-state index is 0.0469. The van der Waals surface area contributed by atoms with Gasteiger partial charge in [0.1, 0.15) is 5.75 Å². The van der Waals surface area contributed by atoms with Gasteiger partial charge in [-0.05, 0) is 61.2 Å². The van der Waals surface area contributed by atoms with E-state index in [-0.39, 0.29) is 5.91 Å².